The van der Waals surface area contributed by atoms with E-state index in [2.05, 4.69) is 16.0 Å². The van der Waals surface area contributed by atoms with E-state index < -0.39 is 0 Å². The van der Waals surface area contributed by atoms with Crippen molar-refractivity contribution in [2.24, 2.45) is 0 Å². The van der Waals surface area contributed by atoms with Crippen LogP contribution >= 0.6 is 0 Å². The smallest absolute Gasteiger partial charge is 0.255 e. The zero-order chi connectivity index (χ0) is 17.8. The lowest BCUT2D eigenvalue weighted by molar-refractivity contribution is -0.114. The number of rotatable bonds is 5. The molecule has 3 amide bonds. The molecule has 0 unspecified atom stereocenters. The number of hydrogen-bond donors (Lipinski definition) is 3. The average Bonchev–Trinajstić information content (AvgIpc) is 3.39. The van der Waals surface area contributed by atoms with Crippen LogP contribution in [-0.4, -0.2) is 23.8 Å². The van der Waals surface area contributed by atoms with Gasteiger partial charge in [0, 0.05) is 35.5 Å². The Balaban J connectivity index is 1.65. The Labute approximate surface area is 145 Å². The van der Waals surface area contributed by atoms with Crippen molar-refractivity contribution in [3.8, 4) is 0 Å². The van der Waals surface area contributed by atoms with E-state index in [1.54, 1.807) is 48.5 Å². The first-order valence-electron chi connectivity index (χ1n) is 8.11. The summed E-state index contributed by atoms with van der Waals surface area (Å²) in [4.78, 5) is 35.4. The Morgan fingerprint density at radius 3 is 2.20 bits per heavy atom. The molecule has 128 valence electrons. The summed E-state index contributed by atoms with van der Waals surface area (Å²) >= 11 is 0. The highest BCUT2D eigenvalue weighted by molar-refractivity contribution is 6.05. The first-order chi connectivity index (χ1) is 12.0. The predicted molar refractivity (Wildman–Crippen MR) is 95.6 cm³/mol. The van der Waals surface area contributed by atoms with Gasteiger partial charge in [-0.05, 0) is 55.3 Å². The summed E-state index contributed by atoms with van der Waals surface area (Å²) in [7, 11) is 0. The van der Waals surface area contributed by atoms with Crippen LogP contribution in [0.15, 0.2) is 48.5 Å². The highest BCUT2D eigenvalue weighted by Gasteiger charge is 2.23. The third-order valence-corrected chi connectivity index (χ3v) is 3.76. The van der Waals surface area contributed by atoms with E-state index in [1.165, 1.54) is 6.92 Å². The molecule has 1 aliphatic carbocycles. The number of benzene rings is 2. The van der Waals surface area contributed by atoms with Gasteiger partial charge < -0.3 is 16.0 Å². The molecule has 6 heteroatoms. The van der Waals surface area contributed by atoms with E-state index in [4.69, 9.17) is 0 Å². The van der Waals surface area contributed by atoms with Crippen LogP contribution in [0.1, 0.15) is 40.5 Å². The minimum Gasteiger partial charge on any atom is -0.349 e. The number of anilines is 2. The topological polar surface area (TPSA) is 87.3 Å². The lowest BCUT2D eigenvalue weighted by atomic mass is 10.1. The van der Waals surface area contributed by atoms with Crippen molar-refractivity contribution >= 4 is 29.1 Å². The Morgan fingerprint density at radius 2 is 1.56 bits per heavy atom. The van der Waals surface area contributed by atoms with Crippen LogP contribution in [0.3, 0.4) is 0 Å². The van der Waals surface area contributed by atoms with Crippen molar-refractivity contribution in [1.82, 2.24) is 5.32 Å². The molecule has 1 fully saturated rings. The molecule has 0 aliphatic heterocycles. The SMILES string of the molecule is CC(=O)Nc1ccc(C(=O)Nc2cccc(C(=O)NC3CC3)c2)cc1. The second-order valence-electron chi connectivity index (χ2n) is 6.04. The van der Waals surface area contributed by atoms with E-state index in [0.717, 1.165) is 12.8 Å². The van der Waals surface area contributed by atoms with E-state index in [-0.39, 0.29) is 23.8 Å². The second kappa shape index (κ2) is 7.17. The molecule has 0 saturated heterocycles. The van der Waals surface area contributed by atoms with Gasteiger partial charge in [0.25, 0.3) is 11.8 Å². The van der Waals surface area contributed by atoms with Crippen molar-refractivity contribution < 1.29 is 14.4 Å². The Bertz CT molecular complexity index is 811. The number of hydrogen-bond acceptors (Lipinski definition) is 3. The van der Waals surface area contributed by atoms with Crippen molar-refractivity contribution in [2.45, 2.75) is 25.8 Å². The summed E-state index contributed by atoms with van der Waals surface area (Å²) < 4.78 is 0. The minimum absolute atomic E-state index is 0.127. The zero-order valence-corrected chi connectivity index (χ0v) is 13.8. The molecule has 3 N–H and O–H groups in total. The van der Waals surface area contributed by atoms with Gasteiger partial charge in [0.15, 0.2) is 0 Å². The molecule has 3 rings (SSSR count). The molecule has 2 aromatic carbocycles. The standard InChI is InChI=1S/C19H19N3O3/c1-12(23)20-15-7-5-13(6-8-15)18(24)22-17-4-2-3-14(11-17)19(25)21-16-9-10-16/h2-8,11,16H,9-10H2,1H3,(H,20,23)(H,21,25)(H,22,24). The van der Waals surface area contributed by atoms with E-state index in [9.17, 15) is 14.4 Å². The van der Waals surface area contributed by atoms with Crippen LogP contribution < -0.4 is 16.0 Å². The van der Waals surface area contributed by atoms with Gasteiger partial charge in [0.05, 0.1) is 0 Å². The fourth-order valence-corrected chi connectivity index (χ4v) is 2.35. The lowest BCUT2D eigenvalue weighted by Gasteiger charge is -2.09. The average molecular weight is 337 g/mol. The Kier molecular flexibility index (Phi) is 4.79. The van der Waals surface area contributed by atoms with Gasteiger partial charge in [0.2, 0.25) is 5.91 Å². The molecular weight excluding hydrogens is 318 g/mol. The molecule has 0 aromatic heterocycles. The molecule has 0 atom stereocenters. The normalized spacial score (nSPS) is 13.0. The van der Waals surface area contributed by atoms with Crippen LogP contribution in [0.4, 0.5) is 11.4 Å². The Morgan fingerprint density at radius 1 is 0.840 bits per heavy atom. The fraction of sp³-hybridized carbons (Fsp3) is 0.211. The van der Waals surface area contributed by atoms with E-state index >= 15 is 0 Å². The summed E-state index contributed by atoms with van der Waals surface area (Å²) in [6, 6.07) is 13.7. The molecule has 0 bridgehead atoms. The molecule has 25 heavy (non-hydrogen) atoms. The monoisotopic (exact) mass is 337 g/mol. The van der Waals surface area contributed by atoms with Crippen LogP contribution in [0.2, 0.25) is 0 Å². The molecule has 1 saturated carbocycles. The number of nitrogens with one attached hydrogen (secondary N) is 3. The second-order valence-corrected chi connectivity index (χ2v) is 6.04. The fourth-order valence-electron chi connectivity index (χ4n) is 2.35. The molecule has 2 aromatic rings. The van der Waals surface area contributed by atoms with Crippen molar-refractivity contribution in [3.63, 3.8) is 0 Å². The van der Waals surface area contributed by atoms with Crippen LogP contribution in [0, 0.1) is 0 Å². The van der Waals surface area contributed by atoms with Gasteiger partial charge in [0.1, 0.15) is 0 Å². The van der Waals surface area contributed by atoms with Gasteiger partial charge in [-0.2, -0.15) is 0 Å². The van der Waals surface area contributed by atoms with Crippen molar-refractivity contribution in [2.75, 3.05) is 10.6 Å². The summed E-state index contributed by atoms with van der Waals surface area (Å²) in [6.07, 6.45) is 2.05. The summed E-state index contributed by atoms with van der Waals surface area (Å²) in [5.41, 5.74) is 2.16. The zero-order valence-electron chi connectivity index (χ0n) is 13.8. The molecule has 0 radical (unpaired) electrons. The molecule has 1 aliphatic rings. The van der Waals surface area contributed by atoms with Crippen molar-refractivity contribution in [3.05, 3.63) is 59.7 Å². The first kappa shape index (κ1) is 16.7. The first-order valence-corrected chi connectivity index (χ1v) is 8.11. The molecule has 0 spiro atoms. The number of amides is 3. The predicted octanol–water partition coefficient (Wildman–Crippen LogP) is 2.79. The third-order valence-electron chi connectivity index (χ3n) is 3.76. The highest BCUT2D eigenvalue weighted by Crippen LogP contribution is 2.20. The highest BCUT2D eigenvalue weighted by atomic mass is 16.2. The summed E-state index contributed by atoms with van der Waals surface area (Å²) in [6.45, 7) is 1.42. The van der Waals surface area contributed by atoms with Crippen LogP contribution in [0.5, 0.6) is 0 Å². The largest absolute Gasteiger partial charge is 0.349 e. The maximum Gasteiger partial charge on any atom is 0.255 e. The third kappa shape index (κ3) is 4.67. The molecule has 0 heterocycles. The van der Waals surface area contributed by atoms with Gasteiger partial charge >= 0.3 is 0 Å². The number of carbonyl (C=O) groups is 3. The van der Waals surface area contributed by atoms with Gasteiger partial charge in [-0.15, -0.1) is 0 Å². The molecular formula is C19H19N3O3. The van der Waals surface area contributed by atoms with E-state index in [0.29, 0.717) is 22.5 Å². The Hall–Kier alpha value is -3.15. The van der Waals surface area contributed by atoms with Gasteiger partial charge in [-0.1, -0.05) is 6.07 Å². The summed E-state index contributed by atoms with van der Waals surface area (Å²) in [5, 5.41) is 8.34. The number of carbonyl (C=O) groups excluding carboxylic acids is 3. The lowest BCUT2D eigenvalue weighted by Crippen LogP contribution is -2.25. The van der Waals surface area contributed by atoms with Crippen molar-refractivity contribution in [1.29, 1.82) is 0 Å². The quantitative estimate of drug-likeness (QED) is 0.784. The van der Waals surface area contributed by atoms with Gasteiger partial charge in [-0.3, -0.25) is 14.4 Å². The minimum atomic E-state index is -0.283. The van der Waals surface area contributed by atoms with Crippen LogP contribution in [-0.2, 0) is 4.79 Å². The maximum absolute atomic E-state index is 12.3. The van der Waals surface area contributed by atoms with Gasteiger partial charge in [-0.25, -0.2) is 0 Å². The van der Waals surface area contributed by atoms with E-state index in [1.807, 2.05) is 0 Å². The summed E-state index contributed by atoms with van der Waals surface area (Å²) in [5.74, 6) is -0.578. The van der Waals surface area contributed by atoms with Crippen LogP contribution in [0.25, 0.3) is 0 Å². The maximum atomic E-state index is 12.3. The molecule has 6 nitrogen and oxygen atoms in total.